The second-order valence-electron chi connectivity index (χ2n) is 6.94. The Morgan fingerprint density at radius 3 is 2.83 bits per heavy atom. The molecule has 3 aromatic heterocycles. The minimum absolute atomic E-state index is 0.143. The largest absolute Gasteiger partial charge is 0.330 e. The summed E-state index contributed by atoms with van der Waals surface area (Å²) in [6.45, 7) is 2.17. The molecule has 1 aromatic carbocycles. The molecule has 1 amide bonds. The number of fused-ring (bicyclic) bond motifs is 1. The first-order chi connectivity index (χ1) is 14.6. The van der Waals surface area contributed by atoms with E-state index in [1.807, 2.05) is 12.1 Å². The molecular formula is C22H21FN6O. The number of benzene rings is 1. The second kappa shape index (κ2) is 8.38. The number of nitrogens with one attached hydrogen (secondary N) is 1. The van der Waals surface area contributed by atoms with Crippen molar-refractivity contribution in [2.75, 3.05) is 11.9 Å². The van der Waals surface area contributed by atoms with Crippen LogP contribution in [0.1, 0.15) is 18.4 Å². The SMILES string of the molecule is Cc1cc(-c2nc3cccnn3c2-c2ccnc(NC(=O)CCCN)c2)ccc1F. The third kappa shape index (κ3) is 3.90. The summed E-state index contributed by atoms with van der Waals surface area (Å²) >= 11 is 0. The quantitative estimate of drug-likeness (QED) is 0.512. The lowest BCUT2D eigenvalue weighted by Gasteiger charge is -2.09. The molecule has 30 heavy (non-hydrogen) atoms. The smallest absolute Gasteiger partial charge is 0.225 e. The highest BCUT2D eigenvalue weighted by atomic mass is 19.1. The average molecular weight is 404 g/mol. The third-order valence-electron chi connectivity index (χ3n) is 4.73. The van der Waals surface area contributed by atoms with Gasteiger partial charge in [0.2, 0.25) is 5.91 Å². The molecule has 0 aliphatic heterocycles. The van der Waals surface area contributed by atoms with E-state index in [0.29, 0.717) is 42.1 Å². The highest BCUT2D eigenvalue weighted by Crippen LogP contribution is 2.33. The fraction of sp³-hybridized carbons (Fsp3) is 0.182. The Morgan fingerprint density at radius 1 is 1.17 bits per heavy atom. The monoisotopic (exact) mass is 404 g/mol. The minimum Gasteiger partial charge on any atom is -0.330 e. The number of carbonyl (C=O) groups excluding carboxylic acids is 1. The number of hydrogen-bond acceptors (Lipinski definition) is 5. The Morgan fingerprint density at radius 2 is 2.03 bits per heavy atom. The summed E-state index contributed by atoms with van der Waals surface area (Å²) < 4.78 is 15.5. The van der Waals surface area contributed by atoms with Gasteiger partial charge in [-0.25, -0.2) is 18.9 Å². The molecular weight excluding hydrogens is 383 g/mol. The summed E-state index contributed by atoms with van der Waals surface area (Å²) in [5.74, 6) is 0.0194. The molecule has 0 radical (unpaired) electrons. The normalized spacial score (nSPS) is 11.0. The number of halogens is 1. The van der Waals surface area contributed by atoms with Crippen LogP contribution in [0.25, 0.3) is 28.2 Å². The van der Waals surface area contributed by atoms with Gasteiger partial charge in [0, 0.05) is 29.9 Å². The van der Waals surface area contributed by atoms with Crippen molar-refractivity contribution in [1.29, 1.82) is 0 Å². The highest BCUT2D eigenvalue weighted by Gasteiger charge is 2.18. The summed E-state index contributed by atoms with van der Waals surface area (Å²) in [6, 6.07) is 12.2. The number of nitrogens with two attached hydrogens (primary N) is 1. The number of aryl methyl sites for hydroxylation is 1. The molecule has 152 valence electrons. The van der Waals surface area contributed by atoms with E-state index in [4.69, 9.17) is 10.7 Å². The number of pyridine rings is 1. The van der Waals surface area contributed by atoms with E-state index in [9.17, 15) is 9.18 Å². The van der Waals surface area contributed by atoms with Gasteiger partial charge in [0.05, 0.1) is 5.69 Å². The topological polar surface area (TPSA) is 98.2 Å². The molecule has 0 aliphatic rings. The van der Waals surface area contributed by atoms with Gasteiger partial charge in [0.1, 0.15) is 17.3 Å². The molecule has 3 N–H and O–H groups in total. The Balaban J connectivity index is 1.81. The number of carbonyl (C=O) groups is 1. The standard InChI is InChI=1S/C22H21FN6O/c1-14-12-15(6-7-17(14)23)21-22(29-19(28-21)4-3-10-26-29)16-8-11-25-18(13-16)27-20(30)5-2-9-24/h3-4,6-8,10-13H,2,5,9,24H2,1H3,(H,25,27,30). The van der Waals surface area contributed by atoms with Crippen molar-refractivity contribution < 1.29 is 9.18 Å². The van der Waals surface area contributed by atoms with Crippen LogP contribution in [0.15, 0.2) is 54.9 Å². The van der Waals surface area contributed by atoms with Gasteiger partial charge in [-0.1, -0.05) is 0 Å². The number of rotatable bonds is 6. The van der Waals surface area contributed by atoms with Gasteiger partial charge in [-0.3, -0.25) is 4.79 Å². The van der Waals surface area contributed by atoms with Gasteiger partial charge in [-0.15, -0.1) is 0 Å². The van der Waals surface area contributed by atoms with Gasteiger partial charge in [-0.05, 0) is 67.9 Å². The van der Waals surface area contributed by atoms with E-state index in [-0.39, 0.29) is 11.7 Å². The highest BCUT2D eigenvalue weighted by molar-refractivity contribution is 5.91. The zero-order valence-electron chi connectivity index (χ0n) is 16.5. The molecule has 8 heteroatoms. The Labute approximate surface area is 172 Å². The van der Waals surface area contributed by atoms with E-state index in [2.05, 4.69) is 15.4 Å². The van der Waals surface area contributed by atoms with Gasteiger partial charge in [0.25, 0.3) is 0 Å². The Hall–Kier alpha value is -3.65. The summed E-state index contributed by atoms with van der Waals surface area (Å²) in [5, 5.41) is 7.23. The number of nitrogens with zero attached hydrogens (tertiary/aromatic N) is 4. The zero-order valence-corrected chi connectivity index (χ0v) is 16.5. The van der Waals surface area contributed by atoms with Crippen molar-refractivity contribution in [3.8, 4) is 22.5 Å². The maximum Gasteiger partial charge on any atom is 0.225 e. The lowest BCUT2D eigenvalue weighted by molar-refractivity contribution is -0.116. The van der Waals surface area contributed by atoms with Gasteiger partial charge >= 0.3 is 0 Å². The summed E-state index contributed by atoms with van der Waals surface area (Å²) in [5.41, 5.74) is 9.62. The fourth-order valence-corrected chi connectivity index (χ4v) is 3.26. The van der Waals surface area contributed by atoms with Crippen LogP contribution in [-0.2, 0) is 4.79 Å². The molecule has 0 unspecified atom stereocenters. The van der Waals surface area contributed by atoms with Crippen LogP contribution in [-0.4, -0.2) is 32.0 Å². The number of aromatic nitrogens is 4. The second-order valence-corrected chi connectivity index (χ2v) is 6.94. The lowest BCUT2D eigenvalue weighted by atomic mass is 10.0. The van der Waals surface area contributed by atoms with E-state index in [1.54, 1.807) is 48.1 Å². The van der Waals surface area contributed by atoms with Crippen molar-refractivity contribution in [2.45, 2.75) is 19.8 Å². The molecule has 7 nitrogen and oxygen atoms in total. The van der Waals surface area contributed by atoms with Crippen LogP contribution in [0, 0.1) is 12.7 Å². The number of amides is 1. The molecule has 0 atom stereocenters. The van der Waals surface area contributed by atoms with Crippen molar-refractivity contribution in [3.05, 3.63) is 66.2 Å². The molecule has 0 spiro atoms. The molecule has 3 heterocycles. The van der Waals surface area contributed by atoms with Gasteiger partial charge < -0.3 is 11.1 Å². The molecule has 4 aromatic rings. The van der Waals surface area contributed by atoms with Crippen LogP contribution in [0.4, 0.5) is 10.2 Å². The Bertz CT molecular complexity index is 1220. The average Bonchev–Trinajstić information content (AvgIpc) is 3.14. The van der Waals surface area contributed by atoms with E-state index in [0.717, 1.165) is 16.8 Å². The van der Waals surface area contributed by atoms with Crippen LogP contribution >= 0.6 is 0 Å². The predicted molar refractivity (Wildman–Crippen MR) is 113 cm³/mol. The van der Waals surface area contributed by atoms with Crippen LogP contribution in [0.2, 0.25) is 0 Å². The van der Waals surface area contributed by atoms with E-state index >= 15 is 0 Å². The van der Waals surface area contributed by atoms with Crippen LogP contribution in [0.3, 0.4) is 0 Å². The fourth-order valence-electron chi connectivity index (χ4n) is 3.26. The van der Waals surface area contributed by atoms with Gasteiger partial charge in [0.15, 0.2) is 5.65 Å². The van der Waals surface area contributed by atoms with Gasteiger partial charge in [-0.2, -0.15) is 5.10 Å². The minimum atomic E-state index is -0.270. The summed E-state index contributed by atoms with van der Waals surface area (Å²) in [4.78, 5) is 21.0. The maximum absolute atomic E-state index is 13.8. The molecule has 0 aliphatic carbocycles. The van der Waals surface area contributed by atoms with Crippen molar-refractivity contribution in [2.24, 2.45) is 5.73 Å². The zero-order chi connectivity index (χ0) is 21.1. The van der Waals surface area contributed by atoms with Crippen molar-refractivity contribution in [3.63, 3.8) is 0 Å². The summed E-state index contributed by atoms with van der Waals surface area (Å²) in [7, 11) is 0. The van der Waals surface area contributed by atoms with E-state index in [1.165, 1.54) is 6.07 Å². The molecule has 4 rings (SSSR count). The summed E-state index contributed by atoms with van der Waals surface area (Å²) in [6.07, 6.45) is 4.24. The Kier molecular flexibility index (Phi) is 5.49. The maximum atomic E-state index is 13.8. The molecule has 0 saturated carbocycles. The third-order valence-corrected chi connectivity index (χ3v) is 4.73. The first-order valence-electron chi connectivity index (χ1n) is 9.63. The lowest BCUT2D eigenvalue weighted by Crippen LogP contribution is -2.14. The van der Waals surface area contributed by atoms with Crippen molar-refractivity contribution >= 4 is 17.4 Å². The molecule has 0 saturated heterocycles. The van der Waals surface area contributed by atoms with Crippen LogP contribution < -0.4 is 11.1 Å². The predicted octanol–water partition coefficient (Wildman–Crippen LogP) is 3.58. The number of anilines is 1. The number of imidazole rings is 1. The van der Waals surface area contributed by atoms with E-state index < -0.39 is 0 Å². The van der Waals surface area contributed by atoms with Crippen molar-refractivity contribution in [1.82, 2.24) is 19.6 Å². The van der Waals surface area contributed by atoms with Crippen LogP contribution in [0.5, 0.6) is 0 Å². The first-order valence-corrected chi connectivity index (χ1v) is 9.63. The molecule has 0 bridgehead atoms. The number of hydrogen-bond donors (Lipinski definition) is 2. The first kappa shape index (κ1) is 19.7. The molecule has 0 fully saturated rings.